The Morgan fingerprint density at radius 3 is 2.23 bits per heavy atom. The Morgan fingerprint density at radius 2 is 1.54 bits per heavy atom. The molecule has 2 heteroatoms. The summed E-state index contributed by atoms with van der Waals surface area (Å²) < 4.78 is 0. The molecule has 0 spiro atoms. The Kier molecular flexibility index (Phi) is 2.37. The summed E-state index contributed by atoms with van der Waals surface area (Å²) in [4.78, 5) is 0. The third-order valence-corrected chi connectivity index (χ3v) is 4.17. The molecule has 6 atom stereocenters. The van der Waals surface area contributed by atoms with E-state index in [1.54, 1.807) is 0 Å². The van der Waals surface area contributed by atoms with Crippen molar-refractivity contribution in [1.29, 1.82) is 0 Å². The van der Waals surface area contributed by atoms with Gasteiger partial charge in [0.2, 0.25) is 0 Å². The van der Waals surface area contributed by atoms with Crippen LogP contribution in [-0.4, -0.2) is 22.4 Å². The predicted molar refractivity (Wildman–Crippen MR) is 51.2 cm³/mol. The predicted octanol–water partition coefficient (Wildman–Crippen LogP) is 1.41. The number of rotatable bonds is 0. The van der Waals surface area contributed by atoms with Crippen molar-refractivity contribution in [3.63, 3.8) is 0 Å². The molecule has 0 heterocycles. The van der Waals surface area contributed by atoms with Gasteiger partial charge in [0.05, 0.1) is 12.2 Å². The van der Waals surface area contributed by atoms with Crippen molar-refractivity contribution < 1.29 is 10.2 Å². The van der Waals surface area contributed by atoms with Crippen molar-refractivity contribution >= 4 is 0 Å². The largest absolute Gasteiger partial charge is 0.392 e. The zero-order chi connectivity index (χ0) is 9.59. The molecule has 0 aliphatic heterocycles. The lowest BCUT2D eigenvalue weighted by atomic mass is 9.74. The van der Waals surface area contributed by atoms with Crippen LogP contribution in [0.3, 0.4) is 0 Å². The Morgan fingerprint density at radius 1 is 0.923 bits per heavy atom. The molecule has 76 valence electrons. The standard InChI is InChI=1S/C11H20O2/c1-6-3-4-8-5-7(2)11(13)9(8)10(6)12/h6-13H,3-5H2,1-2H3/t6-,7-,8?,9?,10?,11?/m0/s1. The molecule has 4 unspecified atom stereocenters. The molecule has 0 aromatic heterocycles. The van der Waals surface area contributed by atoms with Crippen molar-refractivity contribution in [2.45, 2.75) is 45.3 Å². The zero-order valence-electron chi connectivity index (χ0n) is 8.48. The van der Waals surface area contributed by atoms with Gasteiger partial charge in [0, 0.05) is 5.92 Å². The summed E-state index contributed by atoms with van der Waals surface area (Å²) in [6.07, 6.45) is 2.91. The minimum Gasteiger partial charge on any atom is -0.392 e. The number of hydrogen-bond donors (Lipinski definition) is 2. The smallest absolute Gasteiger partial charge is 0.0621 e. The summed E-state index contributed by atoms with van der Waals surface area (Å²) in [6.45, 7) is 4.19. The fourth-order valence-corrected chi connectivity index (χ4v) is 3.25. The van der Waals surface area contributed by atoms with Crippen LogP contribution in [0.1, 0.15) is 33.1 Å². The lowest BCUT2D eigenvalue weighted by Crippen LogP contribution is -2.40. The van der Waals surface area contributed by atoms with Crippen LogP contribution in [0.15, 0.2) is 0 Å². The summed E-state index contributed by atoms with van der Waals surface area (Å²) in [7, 11) is 0. The third-order valence-electron chi connectivity index (χ3n) is 4.17. The molecular formula is C11H20O2. The fourth-order valence-electron chi connectivity index (χ4n) is 3.25. The quantitative estimate of drug-likeness (QED) is 0.597. The highest BCUT2D eigenvalue weighted by atomic mass is 16.3. The highest BCUT2D eigenvalue weighted by Gasteiger charge is 2.47. The van der Waals surface area contributed by atoms with E-state index >= 15 is 0 Å². The van der Waals surface area contributed by atoms with Crippen LogP contribution in [0.5, 0.6) is 0 Å². The first-order chi connectivity index (χ1) is 6.11. The van der Waals surface area contributed by atoms with Crippen LogP contribution in [0.2, 0.25) is 0 Å². The minimum absolute atomic E-state index is 0.166. The summed E-state index contributed by atoms with van der Waals surface area (Å²) in [6, 6.07) is 0. The lowest BCUT2D eigenvalue weighted by molar-refractivity contribution is -0.0475. The molecule has 0 saturated heterocycles. The van der Waals surface area contributed by atoms with E-state index < -0.39 is 0 Å². The Balaban J connectivity index is 2.14. The first-order valence-corrected chi connectivity index (χ1v) is 5.47. The topological polar surface area (TPSA) is 40.5 Å². The van der Waals surface area contributed by atoms with Gasteiger partial charge < -0.3 is 10.2 Å². The molecule has 13 heavy (non-hydrogen) atoms. The van der Waals surface area contributed by atoms with Gasteiger partial charge in [-0.15, -0.1) is 0 Å². The monoisotopic (exact) mass is 184 g/mol. The second-order valence-electron chi connectivity index (χ2n) is 5.09. The van der Waals surface area contributed by atoms with E-state index in [0.29, 0.717) is 17.8 Å². The second kappa shape index (κ2) is 3.25. The van der Waals surface area contributed by atoms with Crippen LogP contribution in [0.25, 0.3) is 0 Å². The van der Waals surface area contributed by atoms with E-state index in [1.807, 2.05) is 0 Å². The summed E-state index contributed by atoms with van der Waals surface area (Å²) in [5, 5.41) is 19.9. The SMILES string of the molecule is C[C@H]1CCC2C[C@H](C)C(O)C2C1O. The number of aliphatic hydroxyl groups excluding tert-OH is 2. The third kappa shape index (κ3) is 1.40. The molecule has 2 saturated carbocycles. The molecular weight excluding hydrogens is 164 g/mol. The highest BCUT2D eigenvalue weighted by molar-refractivity contribution is 4.97. The number of hydrogen-bond acceptors (Lipinski definition) is 2. The summed E-state index contributed by atoms with van der Waals surface area (Å²) in [5.41, 5.74) is 0. The van der Waals surface area contributed by atoms with Crippen molar-refractivity contribution in [3.8, 4) is 0 Å². The molecule has 0 aromatic carbocycles. The van der Waals surface area contributed by atoms with Crippen LogP contribution in [0.4, 0.5) is 0 Å². The van der Waals surface area contributed by atoms with Gasteiger partial charge in [-0.2, -0.15) is 0 Å². The normalized spacial score (nSPS) is 56.3. The zero-order valence-corrected chi connectivity index (χ0v) is 8.48. The molecule has 0 aromatic rings. The van der Waals surface area contributed by atoms with Crippen molar-refractivity contribution in [2.24, 2.45) is 23.7 Å². The van der Waals surface area contributed by atoms with Crippen molar-refractivity contribution in [3.05, 3.63) is 0 Å². The van der Waals surface area contributed by atoms with E-state index in [2.05, 4.69) is 13.8 Å². The first-order valence-electron chi connectivity index (χ1n) is 5.47. The van der Waals surface area contributed by atoms with E-state index in [-0.39, 0.29) is 18.1 Å². The highest BCUT2D eigenvalue weighted by Crippen LogP contribution is 2.46. The average Bonchev–Trinajstić information content (AvgIpc) is 2.37. The lowest BCUT2D eigenvalue weighted by Gasteiger charge is -2.36. The van der Waals surface area contributed by atoms with Crippen LogP contribution in [-0.2, 0) is 0 Å². The Labute approximate surface area is 80.0 Å². The summed E-state index contributed by atoms with van der Waals surface area (Å²) in [5.74, 6) is 1.51. The van der Waals surface area contributed by atoms with Crippen molar-refractivity contribution in [1.82, 2.24) is 0 Å². The van der Waals surface area contributed by atoms with Gasteiger partial charge in [0.15, 0.2) is 0 Å². The average molecular weight is 184 g/mol. The second-order valence-corrected chi connectivity index (χ2v) is 5.09. The molecule has 2 rings (SSSR count). The molecule has 2 nitrogen and oxygen atoms in total. The van der Waals surface area contributed by atoms with E-state index in [9.17, 15) is 10.2 Å². The van der Waals surface area contributed by atoms with Gasteiger partial charge in [-0.25, -0.2) is 0 Å². The van der Waals surface area contributed by atoms with E-state index in [4.69, 9.17) is 0 Å². The molecule has 0 amide bonds. The maximum atomic E-state index is 9.98. The van der Waals surface area contributed by atoms with Crippen molar-refractivity contribution in [2.75, 3.05) is 0 Å². The van der Waals surface area contributed by atoms with Gasteiger partial charge in [-0.3, -0.25) is 0 Å². The maximum Gasteiger partial charge on any atom is 0.0621 e. The summed E-state index contributed by atoms with van der Waals surface area (Å²) >= 11 is 0. The van der Waals surface area contributed by atoms with Crippen LogP contribution >= 0.6 is 0 Å². The molecule has 0 radical (unpaired) electrons. The van der Waals surface area contributed by atoms with E-state index in [1.165, 1.54) is 6.42 Å². The molecule has 2 aliphatic rings. The van der Waals surface area contributed by atoms with Gasteiger partial charge in [-0.05, 0) is 37.0 Å². The molecule has 0 bridgehead atoms. The Hall–Kier alpha value is -0.0800. The van der Waals surface area contributed by atoms with Gasteiger partial charge in [0.25, 0.3) is 0 Å². The number of fused-ring (bicyclic) bond motifs is 1. The van der Waals surface area contributed by atoms with Gasteiger partial charge >= 0.3 is 0 Å². The first kappa shape index (κ1) is 9.47. The van der Waals surface area contributed by atoms with Gasteiger partial charge in [-0.1, -0.05) is 13.8 Å². The van der Waals surface area contributed by atoms with Crippen LogP contribution < -0.4 is 0 Å². The van der Waals surface area contributed by atoms with Gasteiger partial charge in [0.1, 0.15) is 0 Å². The van der Waals surface area contributed by atoms with E-state index in [0.717, 1.165) is 12.8 Å². The molecule has 2 aliphatic carbocycles. The fraction of sp³-hybridized carbons (Fsp3) is 1.00. The maximum absolute atomic E-state index is 9.98. The Bertz CT molecular complexity index is 191. The number of aliphatic hydroxyl groups is 2. The molecule has 2 fully saturated rings. The van der Waals surface area contributed by atoms with Crippen LogP contribution in [0, 0.1) is 23.7 Å². The molecule has 2 N–H and O–H groups in total. The minimum atomic E-state index is -0.265.